The molecule has 1 nitrogen and oxygen atoms in total. The molecule has 2 unspecified atom stereocenters. The number of rotatable bonds is 3. The number of hydrogen-bond donors (Lipinski definition) is 1. The zero-order valence-electron chi connectivity index (χ0n) is 12.4. The molecular formula is C19H25N. The summed E-state index contributed by atoms with van der Waals surface area (Å²) in [6.07, 6.45) is 8.09. The van der Waals surface area contributed by atoms with Crippen LogP contribution in [0.5, 0.6) is 0 Å². The van der Waals surface area contributed by atoms with Crippen LogP contribution < -0.4 is 5.32 Å². The second kappa shape index (κ2) is 6.41. The molecule has 2 atom stereocenters. The maximum atomic E-state index is 3.50. The fourth-order valence-electron chi connectivity index (χ4n) is 3.69. The first-order valence-electron chi connectivity index (χ1n) is 8.00. The smallest absolute Gasteiger partial charge is 0.00668 e. The van der Waals surface area contributed by atoms with Crippen molar-refractivity contribution in [1.82, 2.24) is 5.32 Å². The van der Waals surface area contributed by atoms with E-state index in [1.165, 1.54) is 54.9 Å². The van der Waals surface area contributed by atoms with Crippen molar-refractivity contribution in [3.05, 3.63) is 48.0 Å². The molecule has 0 bridgehead atoms. The SMILES string of the molecule is CNC1CCCCC(Cc2cccc3ccccc23)C1. The Hall–Kier alpha value is -1.34. The maximum absolute atomic E-state index is 3.50. The molecule has 1 aliphatic rings. The number of nitrogens with one attached hydrogen (secondary N) is 1. The van der Waals surface area contributed by atoms with Crippen LogP contribution in [-0.4, -0.2) is 13.1 Å². The predicted octanol–water partition coefficient (Wildman–Crippen LogP) is 4.55. The molecule has 0 aliphatic heterocycles. The summed E-state index contributed by atoms with van der Waals surface area (Å²) in [5.74, 6) is 0.834. The minimum absolute atomic E-state index is 0.720. The summed E-state index contributed by atoms with van der Waals surface area (Å²) in [4.78, 5) is 0. The van der Waals surface area contributed by atoms with E-state index in [0.717, 1.165) is 12.0 Å². The molecule has 1 fully saturated rings. The van der Waals surface area contributed by atoms with Crippen molar-refractivity contribution in [3.8, 4) is 0 Å². The van der Waals surface area contributed by atoms with E-state index < -0.39 is 0 Å². The average molecular weight is 267 g/mol. The Morgan fingerprint density at radius 2 is 1.80 bits per heavy atom. The monoisotopic (exact) mass is 267 g/mol. The molecule has 1 N–H and O–H groups in total. The highest BCUT2D eigenvalue weighted by Gasteiger charge is 2.19. The Bertz CT molecular complexity index is 555. The predicted molar refractivity (Wildman–Crippen MR) is 87.1 cm³/mol. The van der Waals surface area contributed by atoms with Crippen molar-refractivity contribution >= 4 is 10.8 Å². The maximum Gasteiger partial charge on any atom is 0.00668 e. The van der Waals surface area contributed by atoms with Gasteiger partial charge in [0.1, 0.15) is 0 Å². The van der Waals surface area contributed by atoms with E-state index in [1.54, 1.807) is 0 Å². The Kier molecular flexibility index (Phi) is 4.37. The van der Waals surface area contributed by atoms with Gasteiger partial charge in [0, 0.05) is 6.04 Å². The Morgan fingerprint density at radius 1 is 1.00 bits per heavy atom. The van der Waals surface area contributed by atoms with E-state index in [0.29, 0.717) is 0 Å². The van der Waals surface area contributed by atoms with Gasteiger partial charge in [0.15, 0.2) is 0 Å². The van der Waals surface area contributed by atoms with Gasteiger partial charge in [-0.2, -0.15) is 0 Å². The van der Waals surface area contributed by atoms with Crippen LogP contribution >= 0.6 is 0 Å². The molecule has 106 valence electrons. The highest BCUT2D eigenvalue weighted by molar-refractivity contribution is 5.85. The molecule has 1 aliphatic carbocycles. The lowest BCUT2D eigenvalue weighted by Gasteiger charge is -2.20. The third-order valence-corrected chi connectivity index (χ3v) is 4.83. The molecule has 0 saturated heterocycles. The summed E-state index contributed by atoms with van der Waals surface area (Å²) < 4.78 is 0. The summed E-state index contributed by atoms with van der Waals surface area (Å²) in [5.41, 5.74) is 1.53. The van der Waals surface area contributed by atoms with Gasteiger partial charge in [0.25, 0.3) is 0 Å². The molecule has 3 rings (SSSR count). The molecule has 1 heteroatoms. The quantitative estimate of drug-likeness (QED) is 0.804. The first kappa shape index (κ1) is 13.6. The van der Waals surface area contributed by atoms with Gasteiger partial charge in [-0.25, -0.2) is 0 Å². The van der Waals surface area contributed by atoms with Crippen molar-refractivity contribution in [2.45, 2.75) is 44.6 Å². The van der Waals surface area contributed by atoms with Crippen LogP contribution in [0.1, 0.15) is 37.7 Å². The molecule has 0 amide bonds. The van der Waals surface area contributed by atoms with E-state index >= 15 is 0 Å². The second-order valence-electron chi connectivity index (χ2n) is 6.21. The molecule has 0 spiro atoms. The van der Waals surface area contributed by atoms with Crippen molar-refractivity contribution in [2.75, 3.05) is 7.05 Å². The minimum atomic E-state index is 0.720. The van der Waals surface area contributed by atoms with E-state index in [-0.39, 0.29) is 0 Å². The van der Waals surface area contributed by atoms with Gasteiger partial charge in [0.05, 0.1) is 0 Å². The first-order chi connectivity index (χ1) is 9.86. The number of benzene rings is 2. The topological polar surface area (TPSA) is 12.0 Å². The number of hydrogen-bond acceptors (Lipinski definition) is 1. The Balaban J connectivity index is 1.81. The summed E-state index contributed by atoms with van der Waals surface area (Å²) in [5, 5.41) is 6.32. The van der Waals surface area contributed by atoms with Crippen LogP contribution in [0, 0.1) is 5.92 Å². The Labute approximate surface area is 122 Å². The lowest BCUT2D eigenvalue weighted by molar-refractivity contribution is 0.401. The van der Waals surface area contributed by atoms with Crippen LogP contribution in [0.2, 0.25) is 0 Å². The van der Waals surface area contributed by atoms with Crippen LogP contribution in [0.25, 0.3) is 10.8 Å². The van der Waals surface area contributed by atoms with Gasteiger partial charge in [-0.15, -0.1) is 0 Å². The van der Waals surface area contributed by atoms with E-state index in [4.69, 9.17) is 0 Å². The van der Waals surface area contributed by atoms with Gasteiger partial charge >= 0.3 is 0 Å². The van der Waals surface area contributed by atoms with Gasteiger partial charge in [0.2, 0.25) is 0 Å². The second-order valence-corrected chi connectivity index (χ2v) is 6.21. The summed E-state index contributed by atoms with van der Waals surface area (Å²) >= 11 is 0. The zero-order valence-corrected chi connectivity index (χ0v) is 12.4. The van der Waals surface area contributed by atoms with Crippen LogP contribution in [0.15, 0.2) is 42.5 Å². The summed E-state index contributed by atoms with van der Waals surface area (Å²) in [6.45, 7) is 0. The first-order valence-corrected chi connectivity index (χ1v) is 8.00. The summed E-state index contributed by atoms with van der Waals surface area (Å²) in [6, 6.07) is 16.3. The van der Waals surface area contributed by atoms with Crippen LogP contribution in [0.4, 0.5) is 0 Å². The molecule has 20 heavy (non-hydrogen) atoms. The van der Waals surface area contributed by atoms with Gasteiger partial charge in [-0.05, 0) is 48.6 Å². The fourth-order valence-corrected chi connectivity index (χ4v) is 3.69. The van der Waals surface area contributed by atoms with Crippen molar-refractivity contribution in [2.24, 2.45) is 5.92 Å². The standard InChI is InChI=1S/C19H25N/c1-20-18-11-4-2-7-15(14-18)13-17-10-6-9-16-8-3-5-12-19(16)17/h3,5-6,8-10,12,15,18,20H,2,4,7,11,13-14H2,1H3. The van der Waals surface area contributed by atoms with E-state index in [1.807, 2.05) is 0 Å². The molecule has 0 aromatic heterocycles. The largest absolute Gasteiger partial charge is 0.317 e. The highest BCUT2D eigenvalue weighted by atomic mass is 14.9. The molecule has 1 saturated carbocycles. The van der Waals surface area contributed by atoms with Gasteiger partial charge in [-0.3, -0.25) is 0 Å². The van der Waals surface area contributed by atoms with Crippen molar-refractivity contribution in [1.29, 1.82) is 0 Å². The normalized spacial score (nSPS) is 23.6. The van der Waals surface area contributed by atoms with Gasteiger partial charge in [-0.1, -0.05) is 61.7 Å². The lowest BCUT2D eigenvalue weighted by atomic mass is 9.89. The van der Waals surface area contributed by atoms with Crippen molar-refractivity contribution < 1.29 is 0 Å². The number of fused-ring (bicyclic) bond motifs is 1. The fraction of sp³-hybridized carbons (Fsp3) is 0.474. The molecule has 2 aromatic carbocycles. The average Bonchev–Trinajstić information content (AvgIpc) is 2.73. The van der Waals surface area contributed by atoms with Crippen LogP contribution in [0.3, 0.4) is 0 Å². The third kappa shape index (κ3) is 3.04. The molecular weight excluding hydrogens is 242 g/mol. The molecule has 0 radical (unpaired) electrons. The molecule has 2 aromatic rings. The third-order valence-electron chi connectivity index (χ3n) is 4.83. The van der Waals surface area contributed by atoms with E-state index in [9.17, 15) is 0 Å². The van der Waals surface area contributed by atoms with E-state index in [2.05, 4.69) is 54.8 Å². The lowest BCUT2D eigenvalue weighted by Crippen LogP contribution is -2.26. The minimum Gasteiger partial charge on any atom is -0.317 e. The molecule has 0 heterocycles. The van der Waals surface area contributed by atoms with Gasteiger partial charge < -0.3 is 5.32 Å². The van der Waals surface area contributed by atoms with Crippen LogP contribution in [-0.2, 0) is 6.42 Å². The van der Waals surface area contributed by atoms with Crippen molar-refractivity contribution in [3.63, 3.8) is 0 Å². The highest BCUT2D eigenvalue weighted by Crippen LogP contribution is 2.29. The zero-order chi connectivity index (χ0) is 13.8. The Morgan fingerprint density at radius 3 is 2.70 bits per heavy atom. The summed E-state index contributed by atoms with van der Waals surface area (Å²) in [7, 11) is 2.12.